The molecule has 0 saturated carbocycles. The van der Waals surface area contributed by atoms with Crippen molar-refractivity contribution in [1.82, 2.24) is 0 Å². The van der Waals surface area contributed by atoms with E-state index in [1.165, 1.54) is 12.1 Å². The smallest absolute Gasteiger partial charge is 0.382 e. The Balaban J connectivity index is 1.87. The van der Waals surface area contributed by atoms with E-state index < -0.39 is 11.7 Å². The van der Waals surface area contributed by atoms with Gasteiger partial charge in [0.1, 0.15) is 0 Å². The number of hydrogen-bond donors (Lipinski definition) is 1. The van der Waals surface area contributed by atoms with Gasteiger partial charge in [0, 0.05) is 12.2 Å². The fourth-order valence-electron chi connectivity index (χ4n) is 2.04. The van der Waals surface area contributed by atoms with Crippen molar-refractivity contribution in [3.63, 3.8) is 0 Å². The normalized spacial score (nSPS) is 24.2. The minimum Gasteiger partial charge on any atom is -0.382 e. The molecule has 2 nitrogen and oxygen atoms in total. The molecule has 2 rings (SSSR count). The van der Waals surface area contributed by atoms with Gasteiger partial charge in [0.05, 0.1) is 17.8 Å². The van der Waals surface area contributed by atoms with Crippen molar-refractivity contribution in [2.24, 2.45) is 0 Å². The minimum absolute atomic E-state index is 0.155. The number of anilines is 1. The Morgan fingerprint density at radius 3 is 2.39 bits per heavy atom. The summed E-state index contributed by atoms with van der Waals surface area (Å²) in [6.45, 7) is 2.66. The van der Waals surface area contributed by atoms with Gasteiger partial charge in [0.2, 0.25) is 0 Å². The van der Waals surface area contributed by atoms with E-state index >= 15 is 0 Å². The zero-order valence-electron chi connectivity index (χ0n) is 10.1. The first-order valence-corrected chi connectivity index (χ1v) is 6.02. The monoisotopic (exact) mass is 259 g/mol. The van der Waals surface area contributed by atoms with Crippen LogP contribution in [0.5, 0.6) is 0 Å². The van der Waals surface area contributed by atoms with Crippen molar-refractivity contribution in [3.05, 3.63) is 29.8 Å². The van der Waals surface area contributed by atoms with Crippen molar-refractivity contribution in [2.75, 3.05) is 11.9 Å². The van der Waals surface area contributed by atoms with Crippen LogP contribution in [-0.2, 0) is 10.9 Å². The van der Waals surface area contributed by atoms with E-state index in [4.69, 9.17) is 4.74 Å². The second-order valence-electron chi connectivity index (χ2n) is 4.60. The standard InChI is InChI=1S/C13H16F3NO/c1-9-2-7-12(18-9)8-17-11-5-3-10(4-6-11)13(14,15)16/h3-6,9,12,17H,2,7-8H2,1H3. The Labute approximate surface area is 104 Å². The van der Waals surface area contributed by atoms with Gasteiger partial charge in [-0.15, -0.1) is 0 Å². The number of alkyl halides is 3. The summed E-state index contributed by atoms with van der Waals surface area (Å²) in [5.74, 6) is 0. The van der Waals surface area contributed by atoms with Crippen LogP contribution in [-0.4, -0.2) is 18.8 Å². The molecule has 0 radical (unpaired) electrons. The second-order valence-corrected chi connectivity index (χ2v) is 4.60. The van der Waals surface area contributed by atoms with Gasteiger partial charge in [-0.25, -0.2) is 0 Å². The molecule has 1 fully saturated rings. The third-order valence-corrected chi connectivity index (χ3v) is 3.07. The third kappa shape index (κ3) is 3.38. The lowest BCUT2D eigenvalue weighted by Gasteiger charge is -2.14. The molecule has 0 amide bonds. The largest absolute Gasteiger partial charge is 0.416 e. The van der Waals surface area contributed by atoms with Crippen molar-refractivity contribution >= 4 is 5.69 Å². The Kier molecular flexibility index (Phi) is 3.80. The summed E-state index contributed by atoms with van der Waals surface area (Å²) >= 11 is 0. The fraction of sp³-hybridized carbons (Fsp3) is 0.538. The molecule has 0 spiro atoms. The van der Waals surface area contributed by atoms with Gasteiger partial charge in [0.25, 0.3) is 0 Å². The molecule has 1 N–H and O–H groups in total. The van der Waals surface area contributed by atoms with Crippen molar-refractivity contribution in [1.29, 1.82) is 0 Å². The van der Waals surface area contributed by atoms with Crippen LogP contribution in [0.25, 0.3) is 0 Å². The Hall–Kier alpha value is -1.23. The lowest BCUT2D eigenvalue weighted by atomic mass is 10.2. The van der Waals surface area contributed by atoms with Gasteiger partial charge >= 0.3 is 6.18 Å². The van der Waals surface area contributed by atoms with E-state index in [1.54, 1.807) is 0 Å². The highest BCUT2D eigenvalue weighted by Crippen LogP contribution is 2.30. The number of rotatable bonds is 3. The molecule has 2 atom stereocenters. The molecular weight excluding hydrogens is 243 g/mol. The summed E-state index contributed by atoms with van der Waals surface area (Å²) in [4.78, 5) is 0. The van der Waals surface area contributed by atoms with E-state index in [1.807, 2.05) is 6.92 Å². The first kappa shape index (κ1) is 13.2. The summed E-state index contributed by atoms with van der Waals surface area (Å²) < 4.78 is 42.7. The van der Waals surface area contributed by atoms with Crippen LogP contribution in [0.1, 0.15) is 25.3 Å². The number of halogens is 3. The summed E-state index contributed by atoms with van der Waals surface area (Å²) in [7, 11) is 0. The van der Waals surface area contributed by atoms with Gasteiger partial charge in [0.15, 0.2) is 0 Å². The first-order valence-electron chi connectivity index (χ1n) is 6.02. The van der Waals surface area contributed by atoms with E-state index in [9.17, 15) is 13.2 Å². The molecule has 0 bridgehead atoms. The number of nitrogens with one attached hydrogen (secondary N) is 1. The lowest BCUT2D eigenvalue weighted by Crippen LogP contribution is -2.19. The van der Waals surface area contributed by atoms with Crippen LogP contribution in [0.2, 0.25) is 0 Å². The molecule has 0 aliphatic carbocycles. The average Bonchev–Trinajstić information content (AvgIpc) is 2.72. The molecular formula is C13H16F3NO. The lowest BCUT2D eigenvalue weighted by molar-refractivity contribution is -0.137. The molecule has 2 unspecified atom stereocenters. The highest BCUT2D eigenvalue weighted by atomic mass is 19.4. The molecule has 1 heterocycles. The molecule has 1 aliphatic heterocycles. The zero-order valence-corrected chi connectivity index (χ0v) is 10.1. The second kappa shape index (κ2) is 5.18. The predicted molar refractivity (Wildman–Crippen MR) is 63.5 cm³/mol. The van der Waals surface area contributed by atoms with Crippen LogP contribution in [0, 0.1) is 0 Å². The maximum Gasteiger partial charge on any atom is 0.416 e. The van der Waals surface area contributed by atoms with Crippen molar-refractivity contribution in [3.8, 4) is 0 Å². The van der Waals surface area contributed by atoms with Crippen LogP contribution < -0.4 is 5.32 Å². The van der Waals surface area contributed by atoms with E-state index in [0.717, 1.165) is 25.0 Å². The van der Waals surface area contributed by atoms with Gasteiger partial charge in [-0.05, 0) is 44.0 Å². The third-order valence-electron chi connectivity index (χ3n) is 3.07. The predicted octanol–water partition coefficient (Wildman–Crippen LogP) is 3.68. The van der Waals surface area contributed by atoms with Crippen LogP contribution in [0.15, 0.2) is 24.3 Å². The average molecular weight is 259 g/mol. The molecule has 1 saturated heterocycles. The topological polar surface area (TPSA) is 21.3 Å². The molecule has 1 aromatic carbocycles. The van der Waals surface area contributed by atoms with Crippen LogP contribution in [0.3, 0.4) is 0 Å². The van der Waals surface area contributed by atoms with Gasteiger partial charge in [-0.2, -0.15) is 13.2 Å². The van der Waals surface area contributed by atoms with Crippen molar-refractivity contribution < 1.29 is 17.9 Å². The van der Waals surface area contributed by atoms with E-state index in [0.29, 0.717) is 12.2 Å². The van der Waals surface area contributed by atoms with Crippen molar-refractivity contribution in [2.45, 2.75) is 38.1 Å². The minimum atomic E-state index is -4.28. The summed E-state index contributed by atoms with van der Waals surface area (Å²) in [5.41, 5.74) is 0.0601. The molecule has 18 heavy (non-hydrogen) atoms. The van der Waals surface area contributed by atoms with Gasteiger partial charge in [-0.1, -0.05) is 0 Å². The first-order chi connectivity index (χ1) is 8.45. The molecule has 100 valence electrons. The number of hydrogen-bond acceptors (Lipinski definition) is 2. The zero-order chi connectivity index (χ0) is 13.2. The van der Waals surface area contributed by atoms with E-state index in [-0.39, 0.29) is 12.2 Å². The van der Waals surface area contributed by atoms with Gasteiger partial charge < -0.3 is 10.1 Å². The summed E-state index contributed by atoms with van der Waals surface area (Å²) in [6.07, 6.45) is -1.80. The van der Waals surface area contributed by atoms with Crippen LogP contribution >= 0.6 is 0 Å². The quantitative estimate of drug-likeness (QED) is 0.894. The fourth-order valence-corrected chi connectivity index (χ4v) is 2.04. The van der Waals surface area contributed by atoms with Gasteiger partial charge in [-0.3, -0.25) is 0 Å². The SMILES string of the molecule is CC1CCC(CNc2ccc(C(F)(F)F)cc2)O1. The number of ether oxygens (including phenoxy) is 1. The maximum absolute atomic E-state index is 12.4. The molecule has 1 aromatic rings. The highest BCUT2D eigenvalue weighted by Gasteiger charge is 2.30. The Morgan fingerprint density at radius 1 is 1.22 bits per heavy atom. The number of benzene rings is 1. The molecule has 5 heteroatoms. The summed E-state index contributed by atoms with van der Waals surface area (Å²) in [5, 5.41) is 3.09. The summed E-state index contributed by atoms with van der Waals surface area (Å²) in [6, 6.07) is 5.06. The Bertz CT molecular complexity index is 388. The molecule has 0 aromatic heterocycles. The molecule has 1 aliphatic rings. The van der Waals surface area contributed by atoms with Crippen LogP contribution in [0.4, 0.5) is 18.9 Å². The Morgan fingerprint density at radius 2 is 1.89 bits per heavy atom. The van der Waals surface area contributed by atoms with E-state index in [2.05, 4.69) is 5.32 Å². The maximum atomic E-state index is 12.4. The highest BCUT2D eigenvalue weighted by molar-refractivity contribution is 5.45.